The maximum Gasteiger partial charge on any atom is 0.337 e. The van der Waals surface area contributed by atoms with Gasteiger partial charge >= 0.3 is 5.97 Å². The smallest absolute Gasteiger partial charge is 0.337 e. The molecule has 0 spiro atoms. The highest BCUT2D eigenvalue weighted by Gasteiger charge is 2.19. The number of amides is 1. The lowest BCUT2D eigenvalue weighted by molar-refractivity contribution is 0.0600. The highest BCUT2D eigenvalue weighted by atomic mass is 35.5. The van der Waals surface area contributed by atoms with Crippen molar-refractivity contribution in [3.05, 3.63) is 64.2 Å². The van der Waals surface area contributed by atoms with Gasteiger partial charge in [0, 0.05) is 30.3 Å². The molecule has 0 unspecified atom stereocenters. The highest BCUT2D eigenvalue weighted by molar-refractivity contribution is 6.31. The van der Waals surface area contributed by atoms with Crippen LogP contribution >= 0.6 is 11.6 Å². The molecule has 28 heavy (non-hydrogen) atoms. The molecule has 5 nitrogen and oxygen atoms in total. The van der Waals surface area contributed by atoms with Crippen LogP contribution in [0.15, 0.2) is 42.5 Å². The Hall–Kier alpha value is -2.53. The Morgan fingerprint density at radius 2 is 1.79 bits per heavy atom. The molecule has 0 aliphatic carbocycles. The predicted octanol–water partition coefficient (Wildman–Crippen LogP) is 4.09. The van der Waals surface area contributed by atoms with E-state index in [0.29, 0.717) is 29.1 Å². The van der Waals surface area contributed by atoms with Gasteiger partial charge in [-0.2, -0.15) is 0 Å². The number of nitrogens with zero attached hydrogens (tertiary/aromatic N) is 1. The summed E-state index contributed by atoms with van der Waals surface area (Å²) in [5.74, 6) is -0.472. The zero-order valence-electron chi connectivity index (χ0n) is 16.0. The van der Waals surface area contributed by atoms with E-state index in [-0.39, 0.29) is 11.9 Å². The minimum absolute atomic E-state index is 0.116. The lowest BCUT2D eigenvalue weighted by Crippen LogP contribution is -2.33. The van der Waals surface area contributed by atoms with Crippen molar-refractivity contribution < 1.29 is 14.3 Å². The minimum atomic E-state index is -0.356. The number of hydrogen-bond donors (Lipinski definition) is 1. The van der Waals surface area contributed by atoms with Crippen molar-refractivity contribution in [1.82, 2.24) is 5.32 Å². The zero-order chi connectivity index (χ0) is 19.9. The van der Waals surface area contributed by atoms with E-state index >= 15 is 0 Å². The highest BCUT2D eigenvalue weighted by Crippen LogP contribution is 2.27. The molecule has 6 heteroatoms. The number of piperidine rings is 1. The summed E-state index contributed by atoms with van der Waals surface area (Å²) in [7, 11) is 1.36. The number of nitrogens with one attached hydrogen (secondary N) is 1. The second-order valence-corrected chi connectivity index (χ2v) is 7.34. The summed E-state index contributed by atoms with van der Waals surface area (Å²) < 4.78 is 4.70. The molecule has 2 aromatic rings. The van der Waals surface area contributed by atoms with Gasteiger partial charge in [-0.1, -0.05) is 23.7 Å². The largest absolute Gasteiger partial charge is 0.465 e. The molecular weight excluding hydrogens is 376 g/mol. The van der Waals surface area contributed by atoms with Crippen LogP contribution in [0.2, 0.25) is 5.02 Å². The van der Waals surface area contributed by atoms with Gasteiger partial charge in [0.25, 0.3) is 5.91 Å². The number of methoxy groups -OCH3 is 1. The zero-order valence-corrected chi connectivity index (χ0v) is 16.8. The Bertz CT molecular complexity index is 830. The maximum absolute atomic E-state index is 12.8. The van der Waals surface area contributed by atoms with Crippen molar-refractivity contribution in [2.75, 3.05) is 31.6 Å². The number of ether oxygens (including phenoxy) is 1. The molecule has 1 heterocycles. The predicted molar refractivity (Wildman–Crippen MR) is 111 cm³/mol. The number of esters is 1. The van der Waals surface area contributed by atoms with Crippen molar-refractivity contribution in [2.45, 2.75) is 25.7 Å². The first-order valence-electron chi connectivity index (χ1n) is 9.58. The van der Waals surface area contributed by atoms with Crippen LogP contribution in [0.3, 0.4) is 0 Å². The van der Waals surface area contributed by atoms with Crippen LogP contribution in [0.25, 0.3) is 0 Å². The van der Waals surface area contributed by atoms with E-state index < -0.39 is 0 Å². The van der Waals surface area contributed by atoms with Crippen molar-refractivity contribution in [1.29, 1.82) is 0 Å². The molecule has 1 fully saturated rings. The van der Waals surface area contributed by atoms with Gasteiger partial charge in [0.2, 0.25) is 0 Å². The summed E-state index contributed by atoms with van der Waals surface area (Å²) in [4.78, 5) is 26.5. The van der Waals surface area contributed by atoms with Crippen molar-refractivity contribution in [3.8, 4) is 0 Å². The molecule has 1 amide bonds. The topological polar surface area (TPSA) is 58.6 Å². The van der Waals surface area contributed by atoms with E-state index in [4.69, 9.17) is 16.3 Å². The molecule has 1 N–H and O–H groups in total. The molecular formula is C22H25ClN2O3. The van der Waals surface area contributed by atoms with E-state index in [1.165, 1.54) is 13.5 Å². The number of carbonyl (C=O) groups is 2. The monoisotopic (exact) mass is 400 g/mol. The second-order valence-electron chi connectivity index (χ2n) is 6.90. The summed E-state index contributed by atoms with van der Waals surface area (Å²) in [6.07, 6.45) is 4.20. The van der Waals surface area contributed by atoms with Crippen LogP contribution in [0.1, 0.15) is 45.5 Å². The molecule has 1 aliphatic heterocycles. The Morgan fingerprint density at radius 1 is 1.07 bits per heavy atom. The fraction of sp³-hybridized carbons (Fsp3) is 0.364. The Morgan fingerprint density at radius 3 is 2.46 bits per heavy atom. The first-order chi connectivity index (χ1) is 13.6. The average molecular weight is 401 g/mol. The standard InChI is InChI=1S/C22H25ClN2O3/c1-28-22(27)17-7-5-16(6-8-17)11-12-24-21(26)19-15-18(23)9-10-20(19)25-13-3-2-4-14-25/h5-10,15H,2-4,11-14H2,1H3,(H,24,26). The third-order valence-corrected chi connectivity index (χ3v) is 5.21. The van der Waals surface area contributed by atoms with E-state index in [0.717, 1.165) is 37.2 Å². The van der Waals surface area contributed by atoms with Crippen LogP contribution in [0, 0.1) is 0 Å². The van der Waals surface area contributed by atoms with Crippen LogP contribution < -0.4 is 10.2 Å². The number of rotatable bonds is 6. The van der Waals surface area contributed by atoms with Gasteiger partial charge in [-0.15, -0.1) is 0 Å². The third-order valence-electron chi connectivity index (χ3n) is 4.97. The molecule has 2 aromatic carbocycles. The first-order valence-corrected chi connectivity index (χ1v) is 9.96. The Balaban J connectivity index is 1.61. The van der Waals surface area contributed by atoms with Gasteiger partial charge in [-0.25, -0.2) is 4.79 Å². The summed E-state index contributed by atoms with van der Waals surface area (Å²) in [6, 6.07) is 12.7. The van der Waals surface area contributed by atoms with Crippen LogP contribution in [-0.2, 0) is 11.2 Å². The van der Waals surface area contributed by atoms with Crippen molar-refractivity contribution in [3.63, 3.8) is 0 Å². The van der Waals surface area contributed by atoms with E-state index in [2.05, 4.69) is 10.2 Å². The van der Waals surface area contributed by atoms with Gasteiger partial charge in [0.15, 0.2) is 0 Å². The second kappa shape index (κ2) is 9.60. The average Bonchev–Trinajstić information content (AvgIpc) is 2.74. The number of carbonyl (C=O) groups excluding carboxylic acids is 2. The molecule has 0 radical (unpaired) electrons. The lowest BCUT2D eigenvalue weighted by Gasteiger charge is -2.30. The number of hydrogen-bond acceptors (Lipinski definition) is 4. The first kappa shape index (κ1) is 20.2. The van der Waals surface area contributed by atoms with Crippen LogP contribution in [0.4, 0.5) is 5.69 Å². The Kier molecular flexibility index (Phi) is 6.93. The quantitative estimate of drug-likeness (QED) is 0.742. The number of halogens is 1. The van der Waals surface area contributed by atoms with Gasteiger partial charge in [-0.3, -0.25) is 4.79 Å². The molecule has 3 rings (SSSR count). The lowest BCUT2D eigenvalue weighted by atomic mass is 10.1. The van der Waals surface area contributed by atoms with Gasteiger partial charge in [0.1, 0.15) is 0 Å². The van der Waals surface area contributed by atoms with Gasteiger partial charge in [-0.05, 0) is 61.6 Å². The molecule has 0 bridgehead atoms. The fourth-order valence-corrected chi connectivity index (χ4v) is 3.61. The van der Waals surface area contributed by atoms with E-state index in [1.807, 2.05) is 24.3 Å². The van der Waals surface area contributed by atoms with Crippen LogP contribution in [0.5, 0.6) is 0 Å². The summed E-state index contributed by atoms with van der Waals surface area (Å²) >= 11 is 6.15. The molecule has 0 atom stereocenters. The normalized spacial score (nSPS) is 13.9. The minimum Gasteiger partial charge on any atom is -0.465 e. The van der Waals surface area contributed by atoms with Crippen LogP contribution in [-0.4, -0.2) is 38.6 Å². The third kappa shape index (κ3) is 5.04. The molecule has 1 saturated heterocycles. The molecule has 148 valence electrons. The summed E-state index contributed by atoms with van der Waals surface area (Å²) in [5.41, 5.74) is 3.12. The number of anilines is 1. The summed E-state index contributed by atoms with van der Waals surface area (Å²) in [6.45, 7) is 2.44. The van der Waals surface area contributed by atoms with E-state index in [9.17, 15) is 9.59 Å². The fourth-order valence-electron chi connectivity index (χ4n) is 3.44. The van der Waals surface area contributed by atoms with E-state index in [1.54, 1.807) is 18.2 Å². The maximum atomic E-state index is 12.8. The Labute approximate surface area is 170 Å². The van der Waals surface area contributed by atoms with Gasteiger partial charge < -0.3 is 15.0 Å². The number of benzene rings is 2. The van der Waals surface area contributed by atoms with Crippen molar-refractivity contribution >= 4 is 29.2 Å². The summed E-state index contributed by atoms with van der Waals surface area (Å²) in [5, 5.41) is 3.55. The van der Waals surface area contributed by atoms with Crippen molar-refractivity contribution in [2.24, 2.45) is 0 Å². The molecule has 0 aromatic heterocycles. The molecule has 0 saturated carbocycles. The van der Waals surface area contributed by atoms with Gasteiger partial charge in [0.05, 0.1) is 18.2 Å². The SMILES string of the molecule is COC(=O)c1ccc(CCNC(=O)c2cc(Cl)ccc2N2CCCCC2)cc1. The molecule has 1 aliphatic rings.